The number of nitrogens with one attached hydrogen (secondary N) is 1. The van der Waals surface area contributed by atoms with Crippen LogP contribution in [0.1, 0.15) is 20.3 Å². The Kier molecular flexibility index (Phi) is 6.96. The van der Waals surface area contributed by atoms with Crippen LogP contribution in [0.4, 0.5) is 0 Å². The first-order valence-corrected chi connectivity index (χ1v) is 6.33. The lowest BCUT2D eigenvalue weighted by Gasteiger charge is -2.31. The number of nitrogens with zero attached hydrogens (tertiary/aromatic N) is 1. The molecule has 0 aromatic heterocycles. The predicted octanol–water partition coefficient (Wildman–Crippen LogP) is 0.722. The van der Waals surface area contributed by atoms with Gasteiger partial charge in [-0.1, -0.05) is 6.92 Å². The van der Waals surface area contributed by atoms with E-state index in [0.29, 0.717) is 12.1 Å². The Balaban J connectivity index is 2.45. The van der Waals surface area contributed by atoms with Gasteiger partial charge >= 0.3 is 0 Å². The quantitative estimate of drug-likeness (QED) is 0.729. The van der Waals surface area contributed by atoms with Crippen LogP contribution in [0.5, 0.6) is 0 Å². The summed E-state index contributed by atoms with van der Waals surface area (Å²) in [4.78, 5) is 2.49. The van der Waals surface area contributed by atoms with Gasteiger partial charge in [0.2, 0.25) is 0 Å². The molecule has 2 unspecified atom stereocenters. The Morgan fingerprint density at radius 1 is 1.56 bits per heavy atom. The summed E-state index contributed by atoms with van der Waals surface area (Å²) >= 11 is 0. The van der Waals surface area contributed by atoms with Crippen molar-refractivity contribution in [1.29, 1.82) is 0 Å². The Morgan fingerprint density at radius 2 is 2.38 bits per heavy atom. The maximum Gasteiger partial charge on any atom is 0.0674 e. The second kappa shape index (κ2) is 8.01. The molecule has 0 spiro atoms. The van der Waals surface area contributed by atoms with Crippen molar-refractivity contribution in [2.45, 2.75) is 32.4 Å². The van der Waals surface area contributed by atoms with Crippen LogP contribution in [-0.2, 0) is 9.47 Å². The molecule has 0 saturated carbocycles. The SMILES string of the molecule is CCNCC(COC)N1CCCOC(C)C1. The van der Waals surface area contributed by atoms with E-state index in [1.54, 1.807) is 7.11 Å². The number of likely N-dealkylation sites (N-methyl/N-ethyl adjacent to an activating group) is 1. The number of hydrogen-bond donors (Lipinski definition) is 1. The highest BCUT2D eigenvalue weighted by Crippen LogP contribution is 2.09. The lowest BCUT2D eigenvalue weighted by atomic mass is 10.2. The lowest BCUT2D eigenvalue weighted by molar-refractivity contribution is 0.0453. The van der Waals surface area contributed by atoms with Gasteiger partial charge in [-0.15, -0.1) is 0 Å². The van der Waals surface area contributed by atoms with Crippen molar-refractivity contribution in [2.24, 2.45) is 0 Å². The average Bonchev–Trinajstić information content (AvgIpc) is 2.49. The van der Waals surface area contributed by atoms with Crippen molar-refractivity contribution in [3.8, 4) is 0 Å². The molecule has 1 fully saturated rings. The summed E-state index contributed by atoms with van der Waals surface area (Å²) in [5, 5.41) is 3.40. The molecule has 0 amide bonds. The number of rotatable bonds is 6. The molecular weight excluding hydrogens is 204 g/mol. The minimum atomic E-state index is 0.337. The first-order valence-electron chi connectivity index (χ1n) is 6.33. The molecular formula is C12H26N2O2. The molecule has 1 aliphatic rings. The number of methoxy groups -OCH3 is 1. The van der Waals surface area contributed by atoms with Gasteiger partial charge in [-0.2, -0.15) is 0 Å². The topological polar surface area (TPSA) is 33.7 Å². The molecule has 1 saturated heterocycles. The third-order valence-electron chi connectivity index (χ3n) is 2.99. The molecule has 96 valence electrons. The third kappa shape index (κ3) is 4.78. The van der Waals surface area contributed by atoms with E-state index in [2.05, 4.69) is 24.1 Å². The van der Waals surface area contributed by atoms with Gasteiger partial charge in [0.05, 0.1) is 12.7 Å². The van der Waals surface area contributed by atoms with E-state index in [1.165, 1.54) is 0 Å². The minimum Gasteiger partial charge on any atom is -0.383 e. The first kappa shape index (κ1) is 13.9. The number of hydrogen-bond acceptors (Lipinski definition) is 4. The number of ether oxygens (including phenoxy) is 2. The minimum absolute atomic E-state index is 0.337. The molecule has 4 nitrogen and oxygen atoms in total. The normalized spacial score (nSPS) is 25.3. The van der Waals surface area contributed by atoms with Crippen LogP contribution in [0, 0.1) is 0 Å². The summed E-state index contributed by atoms with van der Waals surface area (Å²) in [6, 6.07) is 0.467. The maximum atomic E-state index is 5.66. The Bertz CT molecular complexity index is 178. The zero-order chi connectivity index (χ0) is 11.8. The first-order chi connectivity index (χ1) is 7.77. The Morgan fingerprint density at radius 3 is 3.06 bits per heavy atom. The van der Waals surface area contributed by atoms with Gasteiger partial charge in [0.1, 0.15) is 0 Å². The van der Waals surface area contributed by atoms with E-state index in [0.717, 1.165) is 45.8 Å². The Hall–Kier alpha value is -0.160. The van der Waals surface area contributed by atoms with Gasteiger partial charge in [0, 0.05) is 39.4 Å². The molecule has 16 heavy (non-hydrogen) atoms. The molecule has 4 heteroatoms. The summed E-state index contributed by atoms with van der Waals surface area (Å²) in [6.07, 6.45) is 1.46. The van der Waals surface area contributed by atoms with Gasteiger partial charge in [-0.25, -0.2) is 0 Å². The maximum absolute atomic E-state index is 5.66. The lowest BCUT2D eigenvalue weighted by Crippen LogP contribution is -2.47. The molecule has 1 rings (SSSR count). The van der Waals surface area contributed by atoms with Crippen LogP contribution < -0.4 is 5.32 Å². The van der Waals surface area contributed by atoms with Gasteiger partial charge in [-0.05, 0) is 19.9 Å². The third-order valence-corrected chi connectivity index (χ3v) is 2.99. The summed E-state index contributed by atoms with van der Waals surface area (Å²) in [5.41, 5.74) is 0. The van der Waals surface area contributed by atoms with Crippen molar-refractivity contribution in [3.05, 3.63) is 0 Å². The highest BCUT2D eigenvalue weighted by molar-refractivity contribution is 4.77. The second-order valence-electron chi connectivity index (χ2n) is 4.45. The van der Waals surface area contributed by atoms with E-state index < -0.39 is 0 Å². The van der Waals surface area contributed by atoms with Gasteiger partial charge in [0.15, 0.2) is 0 Å². The van der Waals surface area contributed by atoms with Crippen LogP contribution >= 0.6 is 0 Å². The molecule has 0 bridgehead atoms. The van der Waals surface area contributed by atoms with Crippen LogP contribution in [0.15, 0.2) is 0 Å². The van der Waals surface area contributed by atoms with Gasteiger partial charge < -0.3 is 14.8 Å². The largest absolute Gasteiger partial charge is 0.383 e. The smallest absolute Gasteiger partial charge is 0.0674 e. The second-order valence-corrected chi connectivity index (χ2v) is 4.45. The highest BCUT2D eigenvalue weighted by Gasteiger charge is 2.22. The van der Waals surface area contributed by atoms with Crippen LogP contribution in [-0.4, -0.2) is 63.5 Å². The summed E-state index contributed by atoms with van der Waals surface area (Å²) < 4.78 is 11.0. The molecule has 0 aromatic carbocycles. The van der Waals surface area contributed by atoms with Crippen molar-refractivity contribution < 1.29 is 9.47 Å². The summed E-state index contributed by atoms with van der Waals surface area (Å²) in [6.45, 7) is 10.1. The molecule has 1 heterocycles. The molecule has 0 aromatic rings. The fourth-order valence-electron chi connectivity index (χ4n) is 2.15. The molecule has 1 aliphatic heterocycles. The fraction of sp³-hybridized carbons (Fsp3) is 1.00. The summed E-state index contributed by atoms with van der Waals surface area (Å²) in [7, 11) is 1.77. The van der Waals surface area contributed by atoms with E-state index in [4.69, 9.17) is 9.47 Å². The van der Waals surface area contributed by atoms with Crippen LogP contribution in [0.25, 0.3) is 0 Å². The zero-order valence-electron chi connectivity index (χ0n) is 10.9. The van der Waals surface area contributed by atoms with Crippen molar-refractivity contribution >= 4 is 0 Å². The van der Waals surface area contributed by atoms with E-state index >= 15 is 0 Å². The monoisotopic (exact) mass is 230 g/mol. The van der Waals surface area contributed by atoms with Crippen LogP contribution in [0.3, 0.4) is 0 Å². The van der Waals surface area contributed by atoms with Gasteiger partial charge in [-0.3, -0.25) is 4.90 Å². The molecule has 0 aliphatic carbocycles. The zero-order valence-corrected chi connectivity index (χ0v) is 10.9. The Labute approximate surface area is 99.3 Å². The van der Waals surface area contributed by atoms with E-state index in [-0.39, 0.29) is 0 Å². The molecule has 0 radical (unpaired) electrons. The highest BCUT2D eigenvalue weighted by atomic mass is 16.5. The fourth-order valence-corrected chi connectivity index (χ4v) is 2.15. The van der Waals surface area contributed by atoms with Crippen molar-refractivity contribution in [1.82, 2.24) is 10.2 Å². The standard InChI is InChI=1S/C12H26N2O2/c1-4-13-8-12(10-15-3)14-6-5-7-16-11(2)9-14/h11-13H,4-10H2,1-3H3. The predicted molar refractivity (Wildman–Crippen MR) is 65.8 cm³/mol. The average molecular weight is 230 g/mol. The van der Waals surface area contributed by atoms with E-state index in [1.807, 2.05) is 0 Å². The van der Waals surface area contributed by atoms with E-state index in [9.17, 15) is 0 Å². The van der Waals surface area contributed by atoms with Crippen LogP contribution in [0.2, 0.25) is 0 Å². The van der Waals surface area contributed by atoms with Crippen molar-refractivity contribution in [3.63, 3.8) is 0 Å². The van der Waals surface area contributed by atoms with Crippen molar-refractivity contribution in [2.75, 3.05) is 46.5 Å². The summed E-state index contributed by atoms with van der Waals surface area (Å²) in [5.74, 6) is 0. The van der Waals surface area contributed by atoms with Gasteiger partial charge in [0.25, 0.3) is 0 Å². The molecule has 2 atom stereocenters. The molecule has 1 N–H and O–H groups in total.